The molecule has 0 rings (SSSR count). The first-order chi connectivity index (χ1) is 5.74. The Bertz CT molecular complexity index is 101. The van der Waals surface area contributed by atoms with E-state index >= 15 is 0 Å². The van der Waals surface area contributed by atoms with Gasteiger partial charge in [0.1, 0.15) is 0 Å². The molecule has 5 heteroatoms. The van der Waals surface area contributed by atoms with Crippen LogP contribution in [0.2, 0.25) is 6.04 Å². The van der Waals surface area contributed by atoms with Crippen LogP contribution in [0.15, 0.2) is 0 Å². The molecule has 0 spiro atoms. The summed E-state index contributed by atoms with van der Waals surface area (Å²) >= 11 is 0. The molecule has 0 aromatic heterocycles. The molecule has 0 amide bonds. The highest BCUT2D eigenvalue weighted by atomic mass is 31.1. The molecule has 0 radical (unpaired) electrons. The van der Waals surface area contributed by atoms with Gasteiger partial charge in [-0.3, -0.25) is 0 Å². The predicted molar refractivity (Wildman–Crippen MR) is 55.3 cm³/mol. The van der Waals surface area contributed by atoms with Crippen LogP contribution in [0.25, 0.3) is 0 Å². The fraction of sp³-hybridized carbons (Fsp3) is 1.00. The van der Waals surface area contributed by atoms with Gasteiger partial charge in [0.25, 0.3) is 0 Å². The van der Waals surface area contributed by atoms with E-state index in [-0.39, 0.29) is 0 Å². The first-order valence-corrected chi connectivity index (χ1v) is 7.68. The molecule has 0 aliphatic rings. The summed E-state index contributed by atoms with van der Waals surface area (Å²) in [5.74, 6) is 0. The molecule has 3 nitrogen and oxygen atoms in total. The van der Waals surface area contributed by atoms with E-state index in [0.717, 1.165) is 21.0 Å². The molecule has 0 saturated carbocycles. The fourth-order valence-corrected chi connectivity index (χ4v) is 3.64. The van der Waals surface area contributed by atoms with Crippen molar-refractivity contribution in [2.24, 2.45) is 0 Å². The van der Waals surface area contributed by atoms with Crippen LogP contribution in [0.4, 0.5) is 0 Å². The Balaban J connectivity index is 3.76. The monoisotopic (exact) mass is 210 g/mol. The molecule has 0 aromatic carbocycles. The van der Waals surface area contributed by atoms with Crippen molar-refractivity contribution in [3.8, 4) is 0 Å². The van der Waals surface area contributed by atoms with Gasteiger partial charge in [-0.05, 0) is 19.2 Å². The Kier molecular flexibility index (Phi) is 7.29. The summed E-state index contributed by atoms with van der Waals surface area (Å²) in [6.45, 7) is 2.20. The lowest BCUT2D eigenvalue weighted by Gasteiger charge is -2.23. The molecule has 74 valence electrons. The summed E-state index contributed by atoms with van der Waals surface area (Å²) < 4.78 is 15.8. The summed E-state index contributed by atoms with van der Waals surface area (Å²) in [6, 6.07) is 0.928. The van der Waals surface area contributed by atoms with Crippen LogP contribution in [0, 0.1) is 0 Å². The molecule has 0 saturated heterocycles. The smallest absolute Gasteiger partial charge is 0.377 e. The van der Waals surface area contributed by atoms with E-state index in [1.165, 1.54) is 6.16 Å². The van der Waals surface area contributed by atoms with Crippen molar-refractivity contribution in [3.05, 3.63) is 0 Å². The van der Waals surface area contributed by atoms with Gasteiger partial charge in [0, 0.05) is 27.4 Å². The third-order valence-electron chi connectivity index (χ3n) is 1.84. The van der Waals surface area contributed by atoms with Gasteiger partial charge in [0.2, 0.25) is 0 Å². The van der Waals surface area contributed by atoms with Crippen LogP contribution in [0.1, 0.15) is 6.42 Å². The van der Waals surface area contributed by atoms with Crippen LogP contribution < -0.4 is 0 Å². The molecule has 0 aliphatic carbocycles. The fourth-order valence-electron chi connectivity index (χ4n) is 1.04. The van der Waals surface area contributed by atoms with Crippen molar-refractivity contribution in [1.82, 2.24) is 0 Å². The highest BCUT2D eigenvalue weighted by molar-refractivity contribution is 7.36. The number of rotatable bonds is 7. The number of hydrogen-bond acceptors (Lipinski definition) is 3. The molecule has 0 heterocycles. The van der Waals surface area contributed by atoms with Crippen LogP contribution in [-0.2, 0) is 13.3 Å². The second-order valence-electron chi connectivity index (χ2n) is 2.50. The lowest BCUT2D eigenvalue weighted by Crippen LogP contribution is -2.42. The average Bonchev–Trinajstić information content (AvgIpc) is 2.14. The molecule has 12 heavy (non-hydrogen) atoms. The summed E-state index contributed by atoms with van der Waals surface area (Å²) in [5.41, 5.74) is 0. The van der Waals surface area contributed by atoms with Gasteiger partial charge in [0.15, 0.2) is 0 Å². The predicted octanol–water partition coefficient (Wildman–Crippen LogP) is 1.56. The van der Waals surface area contributed by atoms with Crippen molar-refractivity contribution in [3.63, 3.8) is 0 Å². The highest BCUT2D eigenvalue weighted by Crippen LogP contribution is 2.17. The van der Waals surface area contributed by atoms with E-state index in [9.17, 15) is 0 Å². The summed E-state index contributed by atoms with van der Waals surface area (Å²) in [4.78, 5) is 0. The maximum atomic E-state index is 5.28. The van der Waals surface area contributed by atoms with E-state index in [4.69, 9.17) is 13.3 Å². The third kappa shape index (κ3) is 3.96. The Hall–Kier alpha value is 0.527. The van der Waals surface area contributed by atoms with Gasteiger partial charge < -0.3 is 13.3 Å². The van der Waals surface area contributed by atoms with Gasteiger partial charge in [-0.2, -0.15) is 0 Å². The van der Waals surface area contributed by atoms with Crippen molar-refractivity contribution < 1.29 is 13.3 Å². The zero-order chi connectivity index (χ0) is 9.45. The minimum atomic E-state index is -2.25. The average molecular weight is 210 g/mol. The van der Waals surface area contributed by atoms with Gasteiger partial charge in [-0.15, -0.1) is 8.58 Å². The van der Waals surface area contributed by atoms with E-state index in [2.05, 4.69) is 6.66 Å². The first-order valence-electron chi connectivity index (χ1n) is 4.04. The normalized spacial score (nSPS) is 13.0. The van der Waals surface area contributed by atoms with Crippen molar-refractivity contribution in [2.75, 3.05) is 34.2 Å². The summed E-state index contributed by atoms with van der Waals surface area (Å²) in [7, 11) is 3.73. The minimum Gasteiger partial charge on any atom is -0.377 e. The summed E-state index contributed by atoms with van der Waals surface area (Å²) in [6.07, 6.45) is 2.38. The molecule has 1 unspecified atom stereocenters. The Labute approximate surface area is 77.9 Å². The molecule has 0 N–H and O–H groups in total. The topological polar surface area (TPSA) is 27.7 Å². The lowest BCUT2D eigenvalue weighted by molar-refractivity contribution is 0.123. The van der Waals surface area contributed by atoms with E-state index < -0.39 is 8.80 Å². The van der Waals surface area contributed by atoms with Crippen molar-refractivity contribution >= 4 is 17.4 Å². The van der Waals surface area contributed by atoms with E-state index in [1.54, 1.807) is 21.3 Å². The zero-order valence-electron chi connectivity index (χ0n) is 8.35. The van der Waals surface area contributed by atoms with Crippen LogP contribution in [-0.4, -0.2) is 43.0 Å². The van der Waals surface area contributed by atoms with E-state index in [0.29, 0.717) is 0 Å². The molecule has 0 fully saturated rings. The molecular formula is C7H19O3PSi. The second-order valence-corrected chi connectivity index (χ2v) is 6.80. The van der Waals surface area contributed by atoms with E-state index in [1.807, 2.05) is 0 Å². The second kappa shape index (κ2) is 6.98. The lowest BCUT2D eigenvalue weighted by atomic mass is 10.6. The van der Waals surface area contributed by atoms with Crippen LogP contribution >= 0.6 is 8.58 Å². The number of hydrogen-bond donors (Lipinski definition) is 0. The van der Waals surface area contributed by atoms with Crippen LogP contribution in [0.3, 0.4) is 0 Å². The SMILES string of the molecule is CO[Si](CCCPC)(OC)OC. The maximum absolute atomic E-state index is 5.28. The van der Waals surface area contributed by atoms with Gasteiger partial charge in [-0.25, -0.2) is 0 Å². The van der Waals surface area contributed by atoms with Gasteiger partial charge >= 0.3 is 8.80 Å². The standard InChI is InChI=1S/C7H19O3PSi/c1-8-12(9-2,10-3)7-5-6-11-4/h11H,5-7H2,1-4H3. The zero-order valence-corrected chi connectivity index (χ0v) is 10.3. The Morgan fingerprint density at radius 3 is 1.92 bits per heavy atom. The molecule has 1 atom stereocenters. The Morgan fingerprint density at radius 2 is 1.58 bits per heavy atom. The molecular weight excluding hydrogens is 191 g/mol. The molecule has 0 aromatic rings. The van der Waals surface area contributed by atoms with Gasteiger partial charge in [0.05, 0.1) is 0 Å². The van der Waals surface area contributed by atoms with Crippen molar-refractivity contribution in [1.29, 1.82) is 0 Å². The quantitative estimate of drug-likeness (QED) is 0.362. The summed E-state index contributed by atoms with van der Waals surface area (Å²) in [5, 5.41) is 0. The largest absolute Gasteiger partial charge is 0.500 e. The first kappa shape index (κ1) is 12.5. The molecule has 0 bridgehead atoms. The molecule has 0 aliphatic heterocycles. The van der Waals surface area contributed by atoms with Gasteiger partial charge in [-0.1, -0.05) is 0 Å². The minimum absolute atomic E-state index is 0.928. The third-order valence-corrected chi connectivity index (χ3v) is 5.53. The van der Waals surface area contributed by atoms with Crippen molar-refractivity contribution in [2.45, 2.75) is 12.5 Å². The highest BCUT2D eigenvalue weighted by Gasteiger charge is 2.36. The Morgan fingerprint density at radius 1 is 1.08 bits per heavy atom. The maximum Gasteiger partial charge on any atom is 0.500 e. The van der Waals surface area contributed by atoms with Crippen LogP contribution in [0.5, 0.6) is 0 Å².